The first-order valence-corrected chi connectivity index (χ1v) is 6.16. The number of rotatable bonds is 1. The summed E-state index contributed by atoms with van der Waals surface area (Å²) >= 11 is 6.39. The third kappa shape index (κ3) is 1.54. The number of fused-ring (bicyclic) bond motifs is 2. The quantitative estimate of drug-likeness (QED) is 0.568. The lowest BCUT2D eigenvalue weighted by Gasteiger charge is -1.99. The maximum Gasteiger partial charge on any atom is 0.141 e. The van der Waals surface area contributed by atoms with Gasteiger partial charge in [0.2, 0.25) is 0 Å². The average Bonchev–Trinajstić information content (AvgIpc) is 3.07. The number of imidazole rings is 1. The molecule has 0 aliphatic rings. The Morgan fingerprint density at radius 3 is 3.05 bits per heavy atom. The van der Waals surface area contributed by atoms with Gasteiger partial charge in [0, 0.05) is 11.6 Å². The Hall–Kier alpha value is -2.33. The second-order valence-corrected chi connectivity index (χ2v) is 4.64. The molecule has 0 saturated carbocycles. The van der Waals surface area contributed by atoms with Crippen LogP contribution in [-0.2, 0) is 0 Å². The van der Waals surface area contributed by atoms with Gasteiger partial charge in [-0.05, 0) is 18.2 Å². The molecular formula is C14H8ClN3O. The first-order chi connectivity index (χ1) is 9.33. The fourth-order valence-corrected chi connectivity index (χ4v) is 2.48. The van der Waals surface area contributed by atoms with Crippen LogP contribution in [0.15, 0.2) is 47.4 Å². The molecule has 0 aliphatic heterocycles. The minimum atomic E-state index is 0.593. The van der Waals surface area contributed by atoms with Crippen molar-refractivity contribution in [1.82, 2.24) is 15.0 Å². The average molecular weight is 270 g/mol. The van der Waals surface area contributed by atoms with Crippen molar-refractivity contribution in [2.24, 2.45) is 0 Å². The molecule has 0 radical (unpaired) electrons. The van der Waals surface area contributed by atoms with Crippen molar-refractivity contribution in [1.29, 1.82) is 0 Å². The van der Waals surface area contributed by atoms with Crippen LogP contribution in [0.2, 0.25) is 5.02 Å². The lowest BCUT2D eigenvalue weighted by Crippen LogP contribution is -1.81. The Bertz CT molecular complexity index is 880. The number of hydrogen-bond acceptors (Lipinski definition) is 3. The molecule has 0 spiro atoms. The zero-order valence-corrected chi connectivity index (χ0v) is 10.5. The van der Waals surface area contributed by atoms with Crippen LogP contribution in [0.5, 0.6) is 0 Å². The Balaban J connectivity index is 2.08. The fraction of sp³-hybridized carbons (Fsp3) is 0. The van der Waals surface area contributed by atoms with Crippen LogP contribution in [0, 0.1) is 0 Å². The standard InChI is InChI=1S/C14H8ClN3O/c15-11-12-8(2-1-4-16-12)6-10-13(11)18-14(17-10)9-3-5-19-7-9/h1-7H,(H,17,18). The normalized spacial score (nSPS) is 11.4. The van der Waals surface area contributed by atoms with Crippen molar-refractivity contribution < 1.29 is 4.42 Å². The molecule has 5 heteroatoms. The highest BCUT2D eigenvalue weighted by Crippen LogP contribution is 2.31. The number of furan rings is 1. The Morgan fingerprint density at radius 1 is 1.26 bits per heavy atom. The molecule has 4 rings (SSSR count). The largest absolute Gasteiger partial charge is 0.472 e. The summed E-state index contributed by atoms with van der Waals surface area (Å²) in [5, 5.41) is 1.57. The van der Waals surface area contributed by atoms with Crippen molar-refractivity contribution >= 4 is 33.5 Å². The minimum Gasteiger partial charge on any atom is -0.472 e. The number of halogens is 1. The second-order valence-electron chi connectivity index (χ2n) is 4.26. The van der Waals surface area contributed by atoms with E-state index in [1.165, 1.54) is 0 Å². The number of nitrogens with zero attached hydrogens (tertiary/aromatic N) is 2. The summed E-state index contributed by atoms with van der Waals surface area (Å²) in [5.74, 6) is 0.737. The zero-order chi connectivity index (χ0) is 12.8. The SMILES string of the molecule is Clc1c2ncccc2cc2nc(-c3ccoc3)[nH]c12. The van der Waals surface area contributed by atoms with E-state index in [4.69, 9.17) is 16.0 Å². The maximum absolute atomic E-state index is 6.39. The number of hydrogen-bond donors (Lipinski definition) is 1. The van der Waals surface area contributed by atoms with E-state index < -0.39 is 0 Å². The van der Waals surface area contributed by atoms with Crippen molar-refractivity contribution in [2.45, 2.75) is 0 Å². The van der Waals surface area contributed by atoms with Crippen molar-refractivity contribution in [3.05, 3.63) is 48.0 Å². The van der Waals surface area contributed by atoms with E-state index in [0.29, 0.717) is 5.02 Å². The summed E-state index contributed by atoms with van der Waals surface area (Å²) in [6, 6.07) is 7.68. The molecule has 1 aromatic carbocycles. The molecule has 1 N–H and O–H groups in total. The monoisotopic (exact) mass is 269 g/mol. The third-order valence-electron chi connectivity index (χ3n) is 3.08. The fourth-order valence-electron chi connectivity index (χ4n) is 2.18. The van der Waals surface area contributed by atoms with Gasteiger partial charge in [0.25, 0.3) is 0 Å². The van der Waals surface area contributed by atoms with Crippen molar-refractivity contribution in [2.75, 3.05) is 0 Å². The molecule has 4 aromatic rings. The molecule has 0 amide bonds. The smallest absolute Gasteiger partial charge is 0.141 e. The second kappa shape index (κ2) is 3.83. The molecule has 3 heterocycles. The number of aromatic nitrogens is 3. The predicted octanol–water partition coefficient (Wildman–Crippen LogP) is 4.02. The number of H-pyrrole nitrogens is 1. The van der Waals surface area contributed by atoms with Gasteiger partial charge in [-0.25, -0.2) is 4.98 Å². The van der Waals surface area contributed by atoms with Crippen LogP contribution in [0.4, 0.5) is 0 Å². The van der Waals surface area contributed by atoms with Gasteiger partial charge >= 0.3 is 0 Å². The van der Waals surface area contributed by atoms with Gasteiger partial charge in [-0.2, -0.15) is 0 Å². The van der Waals surface area contributed by atoms with E-state index in [0.717, 1.165) is 33.3 Å². The van der Waals surface area contributed by atoms with Crippen molar-refractivity contribution in [3.63, 3.8) is 0 Å². The molecule has 92 valence electrons. The van der Waals surface area contributed by atoms with Crippen molar-refractivity contribution in [3.8, 4) is 11.4 Å². The number of nitrogens with one attached hydrogen (secondary N) is 1. The highest BCUT2D eigenvalue weighted by atomic mass is 35.5. The molecule has 0 aliphatic carbocycles. The van der Waals surface area contributed by atoms with E-state index in [1.807, 2.05) is 24.3 Å². The Morgan fingerprint density at radius 2 is 2.21 bits per heavy atom. The van der Waals surface area contributed by atoms with E-state index in [-0.39, 0.29) is 0 Å². The van der Waals surface area contributed by atoms with Crippen LogP contribution < -0.4 is 0 Å². The molecule has 0 atom stereocenters. The number of benzene rings is 1. The molecular weight excluding hydrogens is 262 g/mol. The molecule has 0 saturated heterocycles. The van der Waals surface area contributed by atoms with Crippen LogP contribution >= 0.6 is 11.6 Å². The van der Waals surface area contributed by atoms with Gasteiger partial charge in [-0.3, -0.25) is 4.98 Å². The molecule has 0 unspecified atom stereocenters. The van der Waals surface area contributed by atoms with Gasteiger partial charge in [0.05, 0.1) is 33.4 Å². The van der Waals surface area contributed by atoms with Gasteiger partial charge in [0.15, 0.2) is 0 Å². The third-order valence-corrected chi connectivity index (χ3v) is 3.45. The Kier molecular flexibility index (Phi) is 2.13. The van der Waals surface area contributed by atoms with Gasteiger partial charge < -0.3 is 9.40 Å². The maximum atomic E-state index is 6.39. The lowest BCUT2D eigenvalue weighted by atomic mass is 10.2. The van der Waals surface area contributed by atoms with Gasteiger partial charge in [-0.15, -0.1) is 0 Å². The zero-order valence-electron chi connectivity index (χ0n) is 9.72. The highest BCUT2D eigenvalue weighted by molar-refractivity contribution is 6.39. The topological polar surface area (TPSA) is 54.7 Å². The molecule has 3 aromatic heterocycles. The van der Waals surface area contributed by atoms with Gasteiger partial charge in [-0.1, -0.05) is 17.7 Å². The van der Waals surface area contributed by atoms with E-state index in [1.54, 1.807) is 18.7 Å². The highest BCUT2D eigenvalue weighted by Gasteiger charge is 2.12. The first-order valence-electron chi connectivity index (χ1n) is 5.78. The van der Waals surface area contributed by atoms with Crippen LogP contribution in [-0.4, -0.2) is 15.0 Å². The van der Waals surface area contributed by atoms with Crippen LogP contribution in [0.25, 0.3) is 33.3 Å². The minimum absolute atomic E-state index is 0.593. The van der Waals surface area contributed by atoms with Crippen LogP contribution in [0.1, 0.15) is 0 Å². The molecule has 0 bridgehead atoms. The first kappa shape index (κ1) is 10.6. The molecule has 4 nitrogen and oxygen atoms in total. The molecule has 19 heavy (non-hydrogen) atoms. The Labute approximate surface area is 113 Å². The van der Waals surface area contributed by atoms with E-state index in [2.05, 4.69) is 15.0 Å². The predicted molar refractivity (Wildman–Crippen MR) is 74.1 cm³/mol. The summed E-state index contributed by atoms with van der Waals surface area (Å²) in [6.07, 6.45) is 4.99. The van der Waals surface area contributed by atoms with Crippen LogP contribution in [0.3, 0.4) is 0 Å². The lowest BCUT2D eigenvalue weighted by molar-refractivity contribution is 0.568. The summed E-state index contributed by atoms with van der Waals surface area (Å²) in [5.41, 5.74) is 3.29. The van der Waals surface area contributed by atoms with Gasteiger partial charge in [0.1, 0.15) is 12.1 Å². The summed E-state index contributed by atoms with van der Waals surface area (Å²) in [4.78, 5) is 12.1. The number of aromatic amines is 1. The van der Waals surface area contributed by atoms with E-state index >= 15 is 0 Å². The molecule has 0 fully saturated rings. The van der Waals surface area contributed by atoms with E-state index in [9.17, 15) is 0 Å². The summed E-state index contributed by atoms with van der Waals surface area (Å²) in [7, 11) is 0. The number of pyridine rings is 1. The summed E-state index contributed by atoms with van der Waals surface area (Å²) in [6.45, 7) is 0. The summed E-state index contributed by atoms with van der Waals surface area (Å²) < 4.78 is 5.07.